The van der Waals surface area contributed by atoms with Crippen LogP contribution in [0.2, 0.25) is 0 Å². The molecule has 0 aromatic heterocycles. The van der Waals surface area contributed by atoms with Crippen LogP contribution >= 0.6 is 0 Å². The lowest BCUT2D eigenvalue weighted by molar-refractivity contribution is -0.0597. The zero-order valence-corrected chi connectivity index (χ0v) is 17.8. The molecule has 2 atom stereocenters. The molecular formula is C20H24O7S2. The van der Waals surface area contributed by atoms with Gasteiger partial charge in [-0.05, 0) is 57.4 Å². The lowest BCUT2D eigenvalue weighted by Gasteiger charge is -2.33. The Morgan fingerprint density at radius 3 is 1.41 bits per heavy atom. The minimum atomic E-state index is -4.10. The lowest BCUT2D eigenvalue weighted by Crippen LogP contribution is -2.45. The van der Waals surface area contributed by atoms with Gasteiger partial charge in [0.2, 0.25) is 0 Å². The van der Waals surface area contributed by atoms with Gasteiger partial charge < -0.3 is 5.11 Å². The third-order valence-corrected chi connectivity index (χ3v) is 7.56. The van der Waals surface area contributed by atoms with E-state index in [4.69, 9.17) is 8.37 Å². The number of benzene rings is 2. The minimum absolute atomic E-state index is 0.0226. The van der Waals surface area contributed by atoms with Crippen LogP contribution in [0.4, 0.5) is 0 Å². The fourth-order valence-electron chi connectivity index (χ4n) is 3.16. The maximum atomic E-state index is 12.5. The maximum absolute atomic E-state index is 12.5. The van der Waals surface area contributed by atoms with E-state index < -0.39 is 38.5 Å². The zero-order chi connectivity index (χ0) is 21.2. The summed E-state index contributed by atoms with van der Waals surface area (Å²) in [6, 6.07) is 12.3. The highest BCUT2D eigenvalue weighted by Crippen LogP contribution is 2.29. The molecule has 1 aliphatic carbocycles. The number of hydrogen-bond donors (Lipinski definition) is 1. The van der Waals surface area contributed by atoms with E-state index in [0.29, 0.717) is 6.42 Å². The second-order valence-corrected chi connectivity index (χ2v) is 10.4. The Labute approximate surface area is 171 Å². The standard InChI is InChI=1S/C20H24O7S2/c1-14-6-10-16(11-7-14)28(22,23)26-18-4-3-5-19(20(18)21)27-29(24,25)17-12-8-15(2)9-13-17/h6-13,18-21H,3-5H2,1-2H3. The van der Waals surface area contributed by atoms with Crippen molar-refractivity contribution in [2.75, 3.05) is 0 Å². The first-order valence-corrected chi connectivity index (χ1v) is 12.1. The molecule has 1 fully saturated rings. The van der Waals surface area contributed by atoms with E-state index in [-0.39, 0.29) is 22.6 Å². The molecule has 1 aliphatic rings. The molecule has 0 aliphatic heterocycles. The van der Waals surface area contributed by atoms with Crippen LogP contribution < -0.4 is 0 Å². The molecule has 1 saturated carbocycles. The van der Waals surface area contributed by atoms with E-state index in [1.165, 1.54) is 24.3 Å². The summed E-state index contributed by atoms with van der Waals surface area (Å²) in [5.41, 5.74) is 1.80. The second-order valence-electron chi connectivity index (χ2n) is 7.23. The molecule has 0 spiro atoms. The molecule has 3 rings (SSSR count). The molecule has 7 nitrogen and oxygen atoms in total. The third-order valence-electron chi connectivity index (χ3n) is 4.86. The van der Waals surface area contributed by atoms with Crippen molar-refractivity contribution in [1.82, 2.24) is 0 Å². The average molecular weight is 441 g/mol. The fourth-order valence-corrected chi connectivity index (χ4v) is 5.39. The summed E-state index contributed by atoms with van der Waals surface area (Å²) in [7, 11) is -8.20. The summed E-state index contributed by atoms with van der Waals surface area (Å²) in [5.74, 6) is 0. The Hall–Kier alpha value is -1.78. The van der Waals surface area contributed by atoms with Crippen molar-refractivity contribution in [3.63, 3.8) is 0 Å². The Balaban J connectivity index is 1.73. The van der Waals surface area contributed by atoms with Crippen LogP contribution in [-0.4, -0.2) is 40.3 Å². The Morgan fingerprint density at radius 1 is 0.724 bits per heavy atom. The van der Waals surface area contributed by atoms with Gasteiger partial charge in [-0.1, -0.05) is 35.4 Å². The van der Waals surface area contributed by atoms with Crippen molar-refractivity contribution in [3.05, 3.63) is 59.7 Å². The normalized spacial score (nSPS) is 23.1. The van der Waals surface area contributed by atoms with E-state index >= 15 is 0 Å². The number of aliphatic hydroxyl groups excluding tert-OH is 1. The maximum Gasteiger partial charge on any atom is 0.297 e. The van der Waals surface area contributed by atoms with E-state index in [1.807, 2.05) is 13.8 Å². The van der Waals surface area contributed by atoms with Gasteiger partial charge in [0, 0.05) is 0 Å². The molecule has 9 heteroatoms. The van der Waals surface area contributed by atoms with Gasteiger partial charge >= 0.3 is 0 Å². The molecule has 1 N–H and O–H groups in total. The van der Waals surface area contributed by atoms with Gasteiger partial charge in [-0.3, -0.25) is 8.37 Å². The molecule has 0 bridgehead atoms. The lowest BCUT2D eigenvalue weighted by atomic mass is 9.92. The van der Waals surface area contributed by atoms with Gasteiger partial charge in [0.05, 0.1) is 9.79 Å². The molecule has 2 aromatic carbocycles. The summed E-state index contributed by atoms with van der Waals surface area (Å²) in [6.45, 7) is 3.66. The van der Waals surface area contributed by atoms with Gasteiger partial charge in [0.25, 0.3) is 20.2 Å². The monoisotopic (exact) mass is 440 g/mol. The Kier molecular flexibility index (Phi) is 6.45. The number of aryl methyl sites for hydroxylation is 2. The molecule has 2 unspecified atom stereocenters. The predicted molar refractivity (Wildman–Crippen MR) is 106 cm³/mol. The zero-order valence-electron chi connectivity index (χ0n) is 16.2. The van der Waals surface area contributed by atoms with E-state index in [2.05, 4.69) is 0 Å². The van der Waals surface area contributed by atoms with Gasteiger partial charge in [-0.15, -0.1) is 0 Å². The number of hydrogen-bond acceptors (Lipinski definition) is 7. The number of aliphatic hydroxyl groups is 1. The SMILES string of the molecule is Cc1ccc(S(=O)(=O)OC2CCCC(OS(=O)(=O)c3ccc(C)cc3)C2O)cc1. The quantitative estimate of drug-likeness (QED) is 0.688. The van der Waals surface area contributed by atoms with Crippen molar-refractivity contribution in [2.24, 2.45) is 0 Å². The first-order valence-electron chi connectivity index (χ1n) is 9.26. The van der Waals surface area contributed by atoms with Gasteiger partial charge in [0.15, 0.2) is 0 Å². The van der Waals surface area contributed by atoms with Crippen LogP contribution in [-0.2, 0) is 28.6 Å². The molecule has 0 saturated heterocycles. The summed E-state index contributed by atoms with van der Waals surface area (Å²) in [6.07, 6.45) is -2.57. The predicted octanol–water partition coefficient (Wildman–Crippen LogP) is 2.70. The summed E-state index contributed by atoms with van der Waals surface area (Å²) in [4.78, 5) is -0.0452. The second kappa shape index (κ2) is 8.53. The van der Waals surface area contributed by atoms with E-state index in [0.717, 1.165) is 11.1 Å². The van der Waals surface area contributed by atoms with Gasteiger partial charge in [0.1, 0.15) is 18.3 Å². The highest BCUT2D eigenvalue weighted by Gasteiger charge is 2.39. The Morgan fingerprint density at radius 2 is 1.07 bits per heavy atom. The van der Waals surface area contributed by atoms with Crippen LogP contribution in [0.1, 0.15) is 30.4 Å². The molecule has 158 valence electrons. The van der Waals surface area contributed by atoms with Crippen molar-refractivity contribution in [3.8, 4) is 0 Å². The van der Waals surface area contributed by atoms with E-state index in [1.54, 1.807) is 24.3 Å². The molecule has 0 heterocycles. The number of rotatable bonds is 6. The highest BCUT2D eigenvalue weighted by atomic mass is 32.2. The third kappa shape index (κ3) is 5.23. The van der Waals surface area contributed by atoms with E-state index in [9.17, 15) is 21.9 Å². The first kappa shape index (κ1) is 21.9. The summed E-state index contributed by atoms with van der Waals surface area (Å²) >= 11 is 0. The van der Waals surface area contributed by atoms with Gasteiger partial charge in [-0.25, -0.2) is 0 Å². The van der Waals surface area contributed by atoms with Crippen LogP contribution in [0.15, 0.2) is 58.3 Å². The molecule has 2 aromatic rings. The van der Waals surface area contributed by atoms with Crippen LogP contribution in [0.25, 0.3) is 0 Å². The molecular weight excluding hydrogens is 416 g/mol. The molecule has 0 amide bonds. The van der Waals surface area contributed by atoms with Crippen molar-refractivity contribution < 1.29 is 30.3 Å². The Bertz CT molecular complexity index is 958. The molecule has 0 radical (unpaired) electrons. The molecule has 29 heavy (non-hydrogen) atoms. The summed E-state index contributed by atoms with van der Waals surface area (Å²) < 4.78 is 60.5. The van der Waals surface area contributed by atoms with Crippen LogP contribution in [0, 0.1) is 13.8 Å². The smallest absolute Gasteiger partial charge is 0.297 e. The van der Waals surface area contributed by atoms with Crippen molar-refractivity contribution in [1.29, 1.82) is 0 Å². The average Bonchev–Trinajstić information content (AvgIpc) is 2.65. The van der Waals surface area contributed by atoms with Crippen molar-refractivity contribution in [2.45, 2.75) is 61.2 Å². The minimum Gasteiger partial charge on any atom is -0.388 e. The van der Waals surface area contributed by atoms with Crippen molar-refractivity contribution >= 4 is 20.2 Å². The van der Waals surface area contributed by atoms with Crippen LogP contribution in [0.5, 0.6) is 0 Å². The largest absolute Gasteiger partial charge is 0.388 e. The fraction of sp³-hybridized carbons (Fsp3) is 0.400. The van der Waals surface area contributed by atoms with Gasteiger partial charge in [-0.2, -0.15) is 16.8 Å². The highest BCUT2D eigenvalue weighted by molar-refractivity contribution is 7.87. The summed E-state index contributed by atoms with van der Waals surface area (Å²) in [5, 5.41) is 10.6. The first-order chi connectivity index (χ1) is 13.6. The topological polar surface area (TPSA) is 107 Å². The van der Waals surface area contributed by atoms with Crippen LogP contribution in [0.3, 0.4) is 0 Å².